The number of Topliss-reactive ketones (excluding diaryl/α,β-unsaturated/α-hetero) is 1. The smallest absolute Gasteiger partial charge is 0.339 e. The Morgan fingerprint density at radius 1 is 1.04 bits per heavy atom. The molecule has 8 heteroatoms. The van der Waals surface area contributed by atoms with E-state index >= 15 is 0 Å². The Balaban J connectivity index is 1.58. The zero-order chi connectivity index (χ0) is 19.7. The number of allylic oxidation sites excluding steroid dienone is 1. The molecule has 0 radical (unpaired) electrons. The van der Waals surface area contributed by atoms with E-state index in [1.54, 1.807) is 6.08 Å². The van der Waals surface area contributed by atoms with E-state index in [0.717, 1.165) is 4.88 Å². The lowest BCUT2D eigenvalue weighted by atomic mass is 10.1. The van der Waals surface area contributed by atoms with Crippen molar-refractivity contribution in [3.63, 3.8) is 0 Å². The van der Waals surface area contributed by atoms with Crippen LogP contribution in [0.2, 0.25) is 0 Å². The molecule has 0 spiro atoms. The lowest BCUT2D eigenvalue weighted by Crippen LogP contribution is -2.09. The van der Waals surface area contributed by atoms with E-state index in [-0.39, 0.29) is 27.9 Å². The summed E-state index contributed by atoms with van der Waals surface area (Å²) in [5.74, 6) is 0.781. The number of ketones is 1. The standard InChI is InChI=1S/C20H14O6S2/c1-24-13-4-7-16(8-5-13)28(22,23)26-14-6-9-17-18(11-14)25-19(20(17)21)12-15-3-2-10-27-15/h2-12H,1H3/b19-12+. The van der Waals surface area contributed by atoms with Gasteiger partial charge in [0, 0.05) is 17.0 Å². The predicted molar refractivity (Wildman–Crippen MR) is 105 cm³/mol. The van der Waals surface area contributed by atoms with Crippen molar-refractivity contribution < 1.29 is 26.9 Å². The molecule has 0 bridgehead atoms. The number of rotatable bonds is 5. The van der Waals surface area contributed by atoms with Crippen LogP contribution in [-0.2, 0) is 10.1 Å². The summed E-state index contributed by atoms with van der Waals surface area (Å²) in [6, 6.07) is 13.9. The van der Waals surface area contributed by atoms with Crippen LogP contribution in [0.1, 0.15) is 15.2 Å². The molecule has 0 aliphatic carbocycles. The fraction of sp³-hybridized carbons (Fsp3) is 0.0500. The van der Waals surface area contributed by atoms with Crippen molar-refractivity contribution in [2.24, 2.45) is 0 Å². The van der Waals surface area contributed by atoms with E-state index in [9.17, 15) is 13.2 Å². The van der Waals surface area contributed by atoms with E-state index < -0.39 is 10.1 Å². The molecule has 6 nitrogen and oxygen atoms in total. The molecule has 0 saturated heterocycles. The molecular weight excluding hydrogens is 400 g/mol. The fourth-order valence-corrected chi connectivity index (χ4v) is 4.21. The normalized spacial score (nSPS) is 14.6. The number of carbonyl (C=O) groups is 1. The third-order valence-electron chi connectivity index (χ3n) is 4.01. The quantitative estimate of drug-likeness (QED) is 0.461. The molecule has 2 aromatic carbocycles. The van der Waals surface area contributed by atoms with Gasteiger partial charge in [0.15, 0.2) is 5.76 Å². The molecule has 0 amide bonds. The summed E-state index contributed by atoms with van der Waals surface area (Å²) in [4.78, 5) is 13.3. The van der Waals surface area contributed by atoms with Crippen LogP contribution < -0.4 is 13.7 Å². The minimum Gasteiger partial charge on any atom is -0.497 e. The lowest BCUT2D eigenvalue weighted by Gasteiger charge is -2.08. The zero-order valence-corrected chi connectivity index (χ0v) is 16.2. The second-order valence-corrected chi connectivity index (χ2v) is 8.35. The summed E-state index contributed by atoms with van der Waals surface area (Å²) in [5.41, 5.74) is 0.358. The topological polar surface area (TPSA) is 78.9 Å². The van der Waals surface area contributed by atoms with E-state index in [1.165, 1.54) is 60.9 Å². The van der Waals surface area contributed by atoms with E-state index in [2.05, 4.69) is 0 Å². The Morgan fingerprint density at radius 2 is 1.79 bits per heavy atom. The highest BCUT2D eigenvalue weighted by molar-refractivity contribution is 7.87. The number of thiophene rings is 1. The monoisotopic (exact) mass is 414 g/mol. The number of methoxy groups -OCH3 is 1. The molecule has 1 aliphatic rings. The first-order chi connectivity index (χ1) is 13.5. The maximum absolute atomic E-state index is 12.5. The first-order valence-electron chi connectivity index (χ1n) is 8.16. The van der Waals surface area contributed by atoms with Crippen LogP contribution >= 0.6 is 11.3 Å². The molecule has 28 heavy (non-hydrogen) atoms. The summed E-state index contributed by atoms with van der Waals surface area (Å²) >= 11 is 1.48. The van der Waals surface area contributed by atoms with Crippen molar-refractivity contribution in [3.05, 3.63) is 76.2 Å². The van der Waals surface area contributed by atoms with Gasteiger partial charge in [0.1, 0.15) is 22.1 Å². The summed E-state index contributed by atoms with van der Waals surface area (Å²) < 4.78 is 40.7. The van der Waals surface area contributed by atoms with Crippen molar-refractivity contribution in [3.8, 4) is 17.2 Å². The molecule has 1 aliphatic heterocycles. The third kappa shape index (κ3) is 3.51. The number of ether oxygens (including phenoxy) is 2. The number of benzene rings is 2. The van der Waals surface area contributed by atoms with Gasteiger partial charge in [0.2, 0.25) is 5.78 Å². The molecule has 0 atom stereocenters. The van der Waals surface area contributed by atoms with Gasteiger partial charge in [-0.15, -0.1) is 11.3 Å². The molecular formula is C20H14O6S2. The van der Waals surface area contributed by atoms with Crippen LogP contribution in [-0.4, -0.2) is 21.3 Å². The average molecular weight is 414 g/mol. The first kappa shape index (κ1) is 18.3. The molecule has 4 rings (SSSR count). The Labute approximate surface area is 165 Å². The van der Waals surface area contributed by atoms with Gasteiger partial charge in [0.25, 0.3) is 0 Å². The SMILES string of the molecule is COc1ccc(S(=O)(=O)Oc2ccc3c(c2)O/C(=C/c2cccs2)C3=O)cc1. The fourth-order valence-electron chi connectivity index (χ4n) is 2.64. The number of hydrogen-bond donors (Lipinski definition) is 0. The van der Waals surface area contributed by atoms with E-state index in [1.807, 2.05) is 17.5 Å². The zero-order valence-electron chi connectivity index (χ0n) is 14.6. The number of fused-ring (bicyclic) bond motifs is 1. The summed E-state index contributed by atoms with van der Waals surface area (Å²) in [5, 5.41) is 1.90. The van der Waals surface area contributed by atoms with Gasteiger partial charge in [-0.1, -0.05) is 6.07 Å². The highest BCUT2D eigenvalue weighted by Gasteiger charge is 2.28. The lowest BCUT2D eigenvalue weighted by molar-refractivity contribution is 0.101. The second-order valence-electron chi connectivity index (χ2n) is 5.83. The van der Waals surface area contributed by atoms with Gasteiger partial charge in [-0.3, -0.25) is 4.79 Å². The van der Waals surface area contributed by atoms with Crippen LogP contribution in [0.15, 0.2) is 70.6 Å². The molecule has 142 valence electrons. The highest BCUT2D eigenvalue weighted by Crippen LogP contribution is 2.36. The van der Waals surface area contributed by atoms with Crippen molar-refractivity contribution in [1.82, 2.24) is 0 Å². The molecule has 0 unspecified atom stereocenters. The van der Waals surface area contributed by atoms with Crippen molar-refractivity contribution >= 4 is 33.3 Å². The van der Waals surface area contributed by atoms with Crippen molar-refractivity contribution in [2.45, 2.75) is 4.90 Å². The predicted octanol–water partition coefficient (Wildman–Crippen LogP) is 4.14. The minimum atomic E-state index is -4.03. The van der Waals surface area contributed by atoms with Gasteiger partial charge in [-0.2, -0.15) is 8.42 Å². The van der Waals surface area contributed by atoms with Crippen LogP contribution in [0, 0.1) is 0 Å². The first-order valence-corrected chi connectivity index (χ1v) is 10.5. The maximum Gasteiger partial charge on any atom is 0.339 e. The Morgan fingerprint density at radius 3 is 2.46 bits per heavy atom. The minimum absolute atomic E-state index is 0.0101. The van der Waals surface area contributed by atoms with Crippen LogP contribution in [0.4, 0.5) is 0 Å². The summed E-state index contributed by atoms with van der Waals surface area (Å²) in [6.07, 6.45) is 1.65. The molecule has 0 N–H and O–H groups in total. The number of hydrogen-bond acceptors (Lipinski definition) is 7. The summed E-state index contributed by atoms with van der Waals surface area (Å²) in [6.45, 7) is 0. The Bertz CT molecular complexity index is 1160. The molecule has 1 aromatic heterocycles. The average Bonchev–Trinajstić information content (AvgIpc) is 3.30. The summed E-state index contributed by atoms with van der Waals surface area (Å²) in [7, 11) is -2.54. The van der Waals surface area contributed by atoms with Crippen LogP contribution in [0.5, 0.6) is 17.2 Å². The molecule has 0 saturated carbocycles. The second kappa shape index (κ2) is 7.14. The maximum atomic E-state index is 12.5. The van der Waals surface area contributed by atoms with Crippen LogP contribution in [0.3, 0.4) is 0 Å². The van der Waals surface area contributed by atoms with Gasteiger partial charge < -0.3 is 13.7 Å². The Kier molecular flexibility index (Phi) is 4.66. The van der Waals surface area contributed by atoms with Gasteiger partial charge >= 0.3 is 10.1 Å². The molecule has 3 aromatic rings. The van der Waals surface area contributed by atoms with E-state index in [0.29, 0.717) is 11.3 Å². The molecule has 2 heterocycles. The van der Waals surface area contributed by atoms with Crippen molar-refractivity contribution in [2.75, 3.05) is 7.11 Å². The third-order valence-corrected chi connectivity index (χ3v) is 6.09. The van der Waals surface area contributed by atoms with E-state index in [4.69, 9.17) is 13.7 Å². The highest BCUT2D eigenvalue weighted by atomic mass is 32.2. The van der Waals surface area contributed by atoms with Crippen molar-refractivity contribution in [1.29, 1.82) is 0 Å². The van der Waals surface area contributed by atoms with Gasteiger partial charge in [-0.05, 0) is 47.8 Å². The van der Waals surface area contributed by atoms with Gasteiger partial charge in [-0.25, -0.2) is 0 Å². The largest absolute Gasteiger partial charge is 0.497 e. The van der Waals surface area contributed by atoms with Crippen LogP contribution in [0.25, 0.3) is 6.08 Å². The Hall–Kier alpha value is -3.10. The number of carbonyl (C=O) groups excluding carboxylic acids is 1. The molecule has 0 fully saturated rings. The van der Waals surface area contributed by atoms with Gasteiger partial charge in [0.05, 0.1) is 12.7 Å².